The molecule has 0 aromatic heterocycles. The van der Waals surface area contributed by atoms with E-state index in [9.17, 15) is 15.0 Å². The van der Waals surface area contributed by atoms with Gasteiger partial charge in [-0.05, 0) is 56.3 Å². The Bertz CT molecular complexity index is 568. The Labute approximate surface area is 178 Å². The molecular weight excluding hydrogens is 362 g/mol. The number of nitrogens with zero attached hydrogens (tertiary/aromatic N) is 1. The summed E-state index contributed by atoms with van der Waals surface area (Å²) in [7, 11) is 3.62. The molecule has 166 valence electrons. The minimum Gasteiger partial charge on any atom is -0.392 e. The molecule has 6 atom stereocenters. The molecule has 0 aromatic rings. The minimum absolute atomic E-state index is 0.157. The highest BCUT2D eigenvalue weighted by Crippen LogP contribution is 2.48. The summed E-state index contributed by atoms with van der Waals surface area (Å²) in [6.07, 6.45) is 15.7. The molecule has 0 aromatic carbocycles. The molecule has 29 heavy (non-hydrogen) atoms. The van der Waals surface area contributed by atoms with Gasteiger partial charge < -0.3 is 15.1 Å². The first-order chi connectivity index (χ1) is 13.8. The molecule has 4 heteroatoms. The van der Waals surface area contributed by atoms with Crippen molar-refractivity contribution in [2.24, 2.45) is 23.7 Å². The predicted molar refractivity (Wildman–Crippen MR) is 119 cm³/mol. The topological polar surface area (TPSA) is 60.8 Å². The van der Waals surface area contributed by atoms with Crippen molar-refractivity contribution in [2.45, 2.75) is 90.3 Å². The van der Waals surface area contributed by atoms with E-state index in [1.54, 1.807) is 4.90 Å². The number of hydrogen-bond donors (Lipinski definition) is 2. The fourth-order valence-corrected chi connectivity index (χ4v) is 5.06. The summed E-state index contributed by atoms with van der Waals surface area (Å²) in [4.78, 5) is 13.3. The molecule has 2 N–H and O–H groups in total. The average molecular weight is 406 g/mol. The van der Waals surface area contributed by atoms with E-state index in [0.717, 1.165) is 38.5 Å². The largest absolute Gasteiger partial charge is 0.392 e. The number of aliphatic hydroxyl groups is 2. The molecule has 0 radical (unpaired) electrons. The van der Waals surface area contributed by atoms with E-state index in [1.165, 1.54) is 24.8 Å². The maximum atomic E-state index is 11.7. The van der Waals surface area contributed by atoms with Gasteiger partial charge in [0, 0.05) is 26.4 Å². The van der Waals surface area contributed by atoms with Gasteiger partial charge in [0.15, 0.2) is 0 Å². The Balaban J connectivity index is 1.77. The van der Waals surface area contributed by atoms with Gasteiger partial charge in [-0.2, -0.15) is 0 Å². The second-order valence-electron chi connectivity index (χ2n) is 9.67. The lowest BCUT2D eigenvalue weighted by Crippen LogP contribution is -2.21. The van der Waals surface area contributed by atoms with Crippen LogP contribution in [0.15, 0.2) is 23.8 Å². The van der Waals surface area contributed by atoms with E-state index >= 15 is 0 Å². The van der Waals surface area contributed by atoms with Crippen LogP contribution in [0.4, 0.5) is 0 Å². The SMILES string of the molecule is CCCC[C@@H](C)C[C@H](O)C=C[C@@H]1[C@H]2CC(CCCCC(=O)N(C)C)=C[C@H]2C[C@H]1O. The Morgan fingerprint density at radius 1 is 1.31 bits per heavy atom. The number of fused-ring (bicyclic) bond motifs is 1. The predicted octanol–water partition coefficient (Wildman–Crippen LogP) is 4.71. The molecule has 2 rings (SSSR count). The molecule has 0 unspecified atom stereocenters. The number of carbonyl (C=O) groups excluding carboxylic acids is 1. The van der Waals surface area contributed by atoms with Crippen molar-refractivity contribution >= 4 is 5.91 Å². The molecule has 0 spiro atoms. The summed E-state index contributed by atoms with van der Waals surface area (Å²) in [5, 5.41) is 20.9. The lowest BCUT2D eigenvalue weighted by Gasteiger charge is -2.19. The molecule has 1 amide bonds. The third-order valence-corrected chi connectivity index (χ3v) is 6.84. The van der Waals surface area contributed by atoms with Gasteiger partial charge in [-0.3, -0.25) is 4.79 Å². The maximum absolute atomic E-state index is 11.7. The highest BCUT2D eigenvalue weighted by molar-refractivity contribution is 5.75. The summed E-state index contributed by atoms with van der Waals surface area (Å²) in [6.45, 7) is 4.42. The standard InChI is InChI=1S/C25H43NO3/c1-5-6-9-18(2)14-21(27)12-13-22-23-16-19(15-20(23)17-24(22)28)10-7-8-11-25(29)26(3)4/h12-13,15,18,20-24,27-28H,5-11,14,16-17H2,1-4H3/t18-,20+,21-,22-,23+,24-/m1/s1. The molecule has 4 nitrogen and oxygen atoms in total. The molecular formula is C25H43NO3. The van der Waals surface area contributed by atoms with Crippen LogP contribution in [0.25, 0.3) is 0 Å². The van der Waals surface area contributed by atoms with Crippen LogP contribution < -0.4 is 0 Å². The number of hydrogen-bond acceptors (Lipinski definition) is 3. The van der Waals surface area contributed by atoms with Crippen molar-refractivity contribution in [2.75, 3.05) is 14.1 Å². The summed E-state index contributed by atoms with van der Waals surface area (Å²) in [6, 6.07) is 0. The number of unbranched alkanes of at least 4 members (excludes halogenated alkanes) is 2. The third-order valence-electron chi connectivity index (χ3n) is 6.84. The van der Waals surface area contributed by atoms with Crippen molar-refractivity contribution in [1.82, 2.24) is 4.90 Å². The monoisotopic (exact) mass is 405 g/mol. The normalized spacial score (nSPS) is 28.4. The zero-order valence-electron chi connectivity index (χ0n) is 19.0. The molecule has 0 aliphatic heterocycles. The average Bonchev–Trinajstić information content (AvgIpc) is 3.17. The van der Waals surface area contributed by atoms with Gasteiger partial charge in [0.05, 0.1) is 12.2 Å². The maximum Gasteiger partial charge on any atom is 0.222 e. The first-order valence-electron chi connectivity index (χ1n) is 11.8. The van der Waals surface area contributed by atoms with E-state index in [4.69, 9.17) is 0 Å². The van der Waals surface area contributed by atoms with Gasteiger partial charge in [0.25, 0.3) is 0 Å². The Morgan fingerprint density at radius 3 is 2.76 bits per heavy atom. The number of aliphatic hydroxyl groups excluding tert-OH is 2. The molecule has 2 aliphatic carbocycles. The van der Waals surface area contributed by atoms with Gasteiger partial charge >= 0.3 is 0 Å². The quantitative estimate of drug-likeness (QED) is 0.365. The Kier molecular flexibility index (Phi) is 9.91. The van der Waals surface area contributed by atoms with Crippen molar-refractivity contribution in [3.8, 4) is 0 Å². The van der Waals surface area contributed by atoms with E-state index in [2.05, 4.69) is 26.0 Å². The number of amides is 1. The van der Waals surface area contributed by atoms with Crippen LogP contribution in [0, 0.1) is 23.7 Å². The second-order valence-corrected chi connectivity index (χ2v) is 9.67. The van der Waals surface area contributed by atoms with Crippen LogP contribution in [-0.4, -0.2) is 47.3 Å². The van der Waals surface area contributed by atoms with Crippen LogP contribution in [0.3, 0.4) is 0 Å². The molecule has 0 heterocycles. The van der Waals surface area contributed by atoms with E-state index < -0.39 is 6.10 Å². The van der Waals surface area contributed by atoms with E-state index in [0.29, 0.717) is 24.2 Å². The van der Waals surface area contributed by atoms with Crippen LogP contribution in [0.5, 0.6) is 0 Å². The van der Waals surface area contributed by atoms with Crippen LogP contribution >= 0.6 is 0 Å². The third kappa shape index (κ3) is 7.57. The van der Waals surface area contributed by atoms with Gasteiger partial charge in [-0.25, -0.2) is 0 Å². The highest BCUT2D eigenvalue weighted by Gasteiger charge is 2.43. The van der Waals surface area contributed by atoms with Crippen LogP contribution in [0.2, 0.25) is 0 Å². The van der Waals surface area contributed by atoms with Gasteiger partial charge in [0.1, 0.15) is 0 Å². The zero-order valence-corrected chi connectivity index (χ0v) is 19.0. The van der Waals surface area contributed by atoms with Crippen molar-refractivity contribution < 1.29 is 15.0 Å². The molecule has 1 saturated carbocycles. The van der Waals surface area contributed by atoms with Crippen molar-refractivity contribution in [3.05, 3.63) is 23.8 Å². The fourth-order valence-electron chi connectivity index (χ4n) is 5.06. The second kappa shape index (κ2) is 11.9. The number of rotatable bonds is 12. The molecule has 2 aliphatic rings. The summed E-state index contributed by atoms with van der Waals surface area (Å²) in [5.41, 5.74) is 1.50. The van der Waals surface area contributed by atoms with Crippen LogP contribution in [-0.2, 0) is 4.79 Å². The van der Waals surface area contributed by atoms with Crippen molar-refractivity contribution in [1.29, 1.82) is 0 Å². The first-order valence-corrected chi connectivity index (χ1v) is 11.8. The number of carbonyl (C=O) groups is 1. The van der Waals surface area contributed by atoms with Gasteiger partial charge in [0.2, 0.25) is 5.91 Å². The Morgan fingerprint density at radius 2 is 2.07 bits per heavy atom. The summed E-state index contributed by atoms with van der Waals surface area (Å²) < 4.78 is 0. The van der Waals surface area contributed by atoms with Crippen molar-refractivity contribution in [3.63, 3.8) is 0 Å². The molecule has 0 saturated heterocycles. The summed E-state index contributed by atoms with van der Waals surface area (Å²) >= 11 is 0. The summed E-state index contributed by atoms with van der Waals surface area (Å²) in [5.74, 6) is 1.85. The molecule has 1 fully saturated rings. The zero-order chi connectivity index (χ0) is 21.4. The molecule has 0 bridgehead atoms. The lowest BCUT2D eigenvalue weighted by molar-refractivity contribution is -0.128. The lowest BCUT2D eigenvalue weighted by atomic mass is 9.88. The number of allylic oxidation sites excluding steroid dienone is 2. The fraction of sp³-hybridized carbons (Fsp3) is 0.800. The Hall–Kier alpha value is -1.13. The minimum atomic E-state index is -0.406. The van der Waals surface area contributed by atoms with Gasteiger partial charge in [-0.1, -0.05) is 56.9 Å². The van der Waals surface area contributed by atoms with E-state index in [1.807, 2.05) is 20.2 Å². The van der Waals surface area contributed by atoms with Gasteiger partial charge in [-0.15, -0.1) is 0 Å². The van der Waals surface area contributed by atoms with E-state index in [-0.39, 0.29) is 17.9 Å². The highest BCUT2D eigenvalue weighted by atomic mass is 16.3. The smallest absolute Gasteiger partial charge is 0.222 e. The first kappa shape index (κ1) is 24.1. The van der Waals surface area contributed by atoms with Crippen LogP contribution in [0.1, 0.15) is 78.1 Å².